The Bertz CT molecular complexity index is 2280. The average Bonchev–Trinajstić information content (AvgIpc) is 3.72. The normalized spacial score (nSPS) is 12.5. The third kappa shape index (κ3) is 2.76. The lowest BCUT2D eigenvalue weighted by Crippen LogP contribution is -1.93. The number of nitrogens with zero attached hydrogens (tertiary/aromatic N) is 5. The largest absolute Gasteiger partial charge is 0.276 e. The first-order valence-electron chi connectivity index (χ1n) is 13.8. The van der Waals surface area contributed by atoms with Crippen LogP contribution in [-0.2, 0) is 0 Å². The van der Waals surface area contributed by atoms with Crippen LogP contribution in [-0.4, -0.2) is 23.2 Å². The van der Waals surface area contributed by atoms with E-state index in [2.05, 4.69) is 136 Å². The topological polar surface area (TPSA) is 39.0 Å². The zero-order valence-electron chi connectivity index (χ0n) is 22.2. The molecule has 4 heterocycles. The molecule has 0 aliphatic heterocycles. The molecule has 5 nitrogen and oxygen atoms in total. The van der Waals surface area contributed by atoms with Gasteiger partial charge in [0, 0.05) is 0 Å². The van der Waals surface area contributed by atoms with Crippen molar-refractivity contribution in [3.63, 3.8) is 0 Å². The van der Waals surface area contributed by atoms with E-state index in [1.807, 2.05) is 0 Å². The summed E-state index contributed by atoms with van der Waals surface area (Å²) in [6.07, 6.45) is 0. The molecule has 9 aromatic rings. The van der Waals surface area contributed by atoms with Gasteiger partial charge < -0.3 is 0 Å². The van der Waals surface area contributed by atoms with Crippen LogP contribution in [0.5, 0.6) is 0 Å². The van der Waals surface area contributed by atoms with Gasteiger partial charge in [-0.3, -0.25) is 8.80 Å². The SMILES string of the molecule is CC(C)c1ccc(-c2ccccc2)c(-c2cc3c4c(c2)n2c5ccccc5nc2n4c2nc4ccccc4n32)c1. The molecule has 0 unspecified atom stereocenters. The molecule has 0 fully saturated rings. The molecule has 40 heavy (non-hydrogen) atoms. The van der Waals surface area contributed by atoms with Gasteiger partial charge in [0.1, 0.15) is 5.52 Å². The van der Waals surface area contributed by atoms with E-state index in [0.29, 0.717) is 5.92 Å². The van der Waals surface area contributed by atoms with Crippen molar-refractivity contribution in [2.24, 2.45) is 0 Å². The van der Waals surface area contributed by atoms with Crippen molar-refractivity contribution in [3.05, 3.63) is 115 Å². The van der Waals surface area contributed by atoms with Crippen molar-refractivity contribution >= 4 is 50.2 Å². The zero-order chi connectivity index (χ0) is 26.5. The second kappa shape index (κ2) is 7.70. The first kappa shape index (κ1) is 21.7. The lowest BCUT2D eigenvalue weighted by molar-refractivity contribution is 0.867. The van der Waals surface area contributed by atoms with Crippen LogP contribution < -0.4 is 0 Å². The molecular formula is C35H25N5. The number of rotatable bonds is 3. The van der Waals surface area contributed by atoms with Crippen molar-refractivity contribution in [1.82, 2.24) is 23.2 Å². The van der Waals surface area contributed by atoms with Crippen LogP contribution in [0.2, 0.25) is 0 Å². The summed E-state index contributed by atoms with van der Waals surface area (Å²) < 4.78 is 6.83. The van der Waals surface area contributed by atoms with Gasteiger partial charge in [-0.1, -0.05) is 86.6 Å². The molecule has 0 aliphatic rings. The van der Waals surface area contributed by atoms with E-state index in [1.165, 1.54) is 27.8 Å². The number of aromatic nitrogens is 5. The van der Waals surface area contributed by atoms with Crippen LogP contribution in [0.3, 0.4) is 0 Å². The zero-order valence-corrected chi connectivity index (χ0v) is 22.2. The number of para-hydroxylation sites is 4. The molecule has 0 atom stereocenters. The fourth-order valence-corrected chi connectivity index (χ4v) is 6.45. The third-order valence-corrected chi connectivity index (χ3v) is 8.37. The lowest BCUT2D eigenvalue weighted by atomic mass is 9.90. The number of benzene rings is 5. The van der Waals surface area contributed by atoms with Gasteiger partial charge in [0.2, 0.25) is 11.6 Å². The van der Waals surface area contributed by atoms with Crippen molar-refractivity contribution in [2.45, 2.75) is 19.8 Å². The van der Waals surface area contributed by atoms with Gasteiger partial charge >= 0.3 is 0 Å². The Hall–Kier alpha value is -5.16. The molecule has 0 bridgehead atoms. The lowest BCUT2D eigenvalue weighted by Gasteiger charge is -2.15. The van der Waals surface area contributed by atoms with E-state index in [-0.39, 0.29) is 0 Å². The number of hydrogen-bond acceptors (Lipinski definition) is 2. The second-order valence-corrected chi connectivity index (χ2v) is 11.0. The fraction of sp³-hybridized carbons (Fsp3) is 0.0857. The van der Waals surface area contributed by atoms with Crippen LogP contribution in [0.15, 0.2) is 109 Å². The summed E-state index contributed by atoms with van der Waals surface area (Å²) in [6, 6.07) is 39.1. The minimum Gasteiger partial charge on any atom is -0.276 e. The highest BCUT2D eigenvalue weighted by atomic mass is 15.3. The standard InChI is InChI=1S/C35H25N5/c1-21(2)23-16-17-25(22-10-4-3-5-11-22)26(18-23)24-19-31-33-32(20-24)39-30-15-9-7-13-28(30)37-35(39)40(33)34-36-27-12-6-8-14-29(27)38(31)34/h3-21H,1-2H3. The molecule has 9 rings (SSSR count). The van der Waals surface area contributed by atoms with Crippen LogP contribution >= 0.6 is 0 Å². The summed E-state index contributed by atoms with van der Waals surface area (Å²) in [5, 5.41) is 0. The quantitative estimate of drug-likeness (QED) is 0.236. The molecule has 5 heteroatoms. The van der Waals surface area contributed by atoms with E-state index in [1.54, 1.807) is 0 Å². The fourth-order valence-electron chi connectivity index (χ4n) is 6.45. The smallest absolute Gasteiger partial charge is 0.223 e. The third-order valence-electron chi connectivity index (χ3n) is 8.37. The maximum Gasteiger partial charge on any atom is 0.223 e. The van der Waals surface area contributed by atoms with E-state index in [9.17, 15) is 0 Å². The van der Waals surface area contributed by atoms with E-state index in [0.717, 1.165) is 50.2 Å². The molecule has 4 aromatic heterocycles. The highest BCUT2D eigenvalue weighted by Gasteiger charge is 2.25. The van der Waals surface area contributed by atoms with Crippen molar-refractivity contribution in [3.8, 4) is 22.3 Å². The van der Waals surface area contributed by atoms with E-state index >= 15 is 0 Å². The molecule has 0 radical (unpaired) electrons. The van der Waals surface area contributed by atoms with Crippen molar-refractivity contribution < 1.29 is 0 Å². The number of imidazole rings is 4. The minimum atomic E-state index is 0.428. The molecule has 0 saturated heterocycles. The molecule has 190 valence electrons. The second-order valence-electron chi connectivity index (χ2n) is 11.0. The monoisotopic (exact) mass is 515 g/mol. The predicted molar refractivity (Wildman–Crippen MR) is 164 cm³/mol. The molecular weight excluding hydrogens is 490 g/mol. The number of fused-ring (bicyclic) bond motifs is 10. The van der Waals surface area contributed by atoms with E-state index < -0.39 is 0 Å². The van der Waals surface area contributed by atoms with E-state index in [4.69, 9.17) is 9.97 Å². The summed E-state index contributed by atoms with van der Waals surface area (Å²) in [6.45, 7) is 4.52. The molecule has 0 amide bonds. The van der Waals surface area contributed by atoms with Gasteiger partial charge in [-0.25, -0.2) is 14.4 Å². The van der Waals surface area contributed by atoms with Crippen molar-refractivity contribution in [1.29, 1.82) is 0 Å². The van der Waals surface area contributed by atoms with Gasteiger partial charge in [-0.15, -0.1) is 0 Å². The molecule has 0 aliphatic carbocycles. The van der Waals surface area contributed by atoms with Gasteiger partial charge in [0.25, 0.3) is 0 Å². The summed E-state index contributed by atoms with van der Waals surface area (Å²) in [5.74, 6) is 2.21. The average molecular weight is 516 g/mol. The molecule has 0 spiro atoms. The molecule has 5 aromatic carbocycles. The molecule has 0 N–H and O–H groups in total. The van der Waals surface area contributed by atoms with Crippen LogP contribution in [0.4, 0.5) is 0 Å². The maximum absolute atomic E-state index is 5.10. The summed E-state index contributed by atoms with van der Waals surface area (Å²) in [4.78, 5) is 10.2. The molecule has 0 saturated carbocycles. The summed E-state index contributed by atoms with van der Waals surface area (Å²) in [7, 11) is 0. The Kier molecular flexibility index (Phi) is 4.19. The van der Waals surface area contributed by atoms with Crippen LogP contribution in [0.25, 0.3) is 72.4 Å². The highest BCUT2D eigenvalue weighted by Crippen LogP contribution is 2.40. The Morgan fingerprint density at radius 3 is 1.68 bits per heavy atom. The number of hydrogen-bond donors (Lipinski definition) is 0. The highest BCUT2D eigenvalue weighted by molar-refractivity contribution is 6.06. The van der Waals surface area contributed by atoms with Crippen LogP contribution in [0, 0.1) is 0 Å². The van der Waals surface area contributed by atoms with Gasteiger partial charge in [-0.05, 0) is 70.1 Å². The summed E-state index contributed by atoms with van der Waals surface area (Å²) >= 11 is 0. The Labute approximate surface area is 229 Å². The van der Waals surface area contributed by atoms with Gasteiger partial charge in [-0.2, -0.15) is 0 Å². The first-order valence-corrected chi connectivity index (χ1v) is 13.8. The van der Waals surface area contributed by atoms with Crippen molar-refractivity contribution in [2.75, 3.05) is 0 Å². The predicted octanol–water partition coefficient (Wildman–Crippen LogP) is 8.59. The summed E-state index contributed by atoms with van der Waals surface area (Å²) in [5.41, 5.74) is 13.8. The van der Waals surface area contributed by atoms with Crippen LogP contribution in [0.1, 0.15) is 25.3 Å². The minimum absolute atomic E-state index is 0.428. The van der Waals surface area contributed by atoms with Gasteiger partial charge in [0.05, 0.1) is 33.1 Å². The maximum atomic E-state index is 5.10. The Morgan fingerprint density at radius 2 is 1.07 bits per heavy atom. The first-order chi connectivity index (χ1) is 19.7. The van der Waals surface area contributed by atoms with Gasteiger partial charge in [0.15, 0.2) is 0 Å². The Balaban J connectivity index is 1.50. The Morgan fingerprint density at radius 1 is 0.500 bits per heavy atom.